The normalized spacial score (nSPS) is 12.4. The average Bonchev–Trinajstić information content (AvgIpc) is 2.53. The van der Waals surface area contributed by atoms with Gasteiger partial charge in [-0.15, -0.1) is 0 Å². The Kier molecular flexibility index (Phi) is 5.28. The van der Waals surface area contributed by atoms with E-state index in [4.69, 9.17) is 4.74 Å². The highest BCUT2D eigenvalue weighted by Crippen LogP contribution is 2.20. The van der Waals surface area contributed by atoms with Gasteiger partial charge in [0.25, 0.3) is 6.43 Å². The highest BCUT2D eigenvalue weighted by molar-refractivity contribution is 5.30. The van der Waals surface area contributed by atoms with Crippen molar-refractivity contribution in [2.75, 3.05) is 7.11 Å². The Hall–Kier alpha value is -1.94. The van der Waals surface area contributed by atoms with Crippen LogP contribution in [-0.4, -0.2) is 7.11 Å². The van der Waals surface area contributed by atoms with Gasteiger partial charge < -0.3 is 10.1 Å². The van der Waals surface area contributed by atoms with Crippen molar-refractivity contribution in [1.82, 2.24) is 5.32 Å². The summed E-state index contributed by atoms with van der Waals surface area (Å²) in [5.41, 5.74) is 2.16. The molecule has 0 aliphatic rings. The maximum atomic E-state index is 12.5. The lowest BCUT2D eigenvalue weighted by molar-refractivity contribution is 0.151. The van der Waals surface area contributed by atoms with Crippen molar-refractivity contribution in [1.29, 1.82) is 0 Å². The van der Waals surface area contributed by atoms with E-state index >= 15 is 0 Å². The lowest BCUT2D eigenvalue weighted by Crippen LogP contribution is -2.18. The van der Waals surface area contributed by atoms with Gasteiger partial charge in [0.2, 0.25) is 0 Å². The van der Waals surface area contributed by atoms with Crippen LogP contribution < -0.4 is 10.1 Å². The monoisotopic (exact) mass is 291 g/mol. The molecule has 0 spiro atoms. The number of alkyl halides is 2. The van der Waals surface area contributed by atoms with Crippen LogP contribution in [0.1, 0.15) is 36.1 Å². The second kappa shape index (κ2) is 7.18. The molecule has 0 saturated heterocycles. The van der Waals surface area contributed by atoms with Crippen LogP contribution in [0.15, 0.2) is 48.5 Å². The Morgan fingerprint density at radius 2 is 1.76 bits per heavy atom. The molecule has 0 aromatic heterocycles. The first-order valence-corrected chi connectivity index (χ1v) is 6.84. The van der Waals surface area contributed by atoms with Gasteiger partial charge in [0, 0.05) is 18.2 Å². The first-order valence-electron chi connectivity index (χ1n) is 6.84. The molecule has 2 aromatic rings. The van der Waals surface area contributed by atoms with E-state index in [2.05, 4.69) is 12.2 Å². The Morgan fingerprint density at radius 3 is 2.38 bits per heavy atom. The largest absolute Gasteiger partial charge is 0.497 e. The third-order valence-corrected chi connectivity index (χ3v) is 3.44. The fraction of sp³-hybridized carbons (Fsp3) is 0.294. The van der Waals surface area contributed by atoms with Gasteiger partial charge in [0.05, 0.1) is 7.11 Å². The van der Waals surface area contributed by atoms with E-state index < -0.39 is 6.43 Å². The number of hydrogen-bond acceptors (Lipinski definition) is 2. The van der Waals surface area contributed by atoms with E-state index in [1.54, 1.807) is 19.2 Å². The first kappa shape index (κ1) is 15.4. The van der Waals surface area contributed by atoms with Crippen LogP contribution in [0.5, 0.6) is 5.75 Å². The summed E-state index contributed by atoms with van der Waals surface area (Å²) < 4.78 is 30.2. The van der Waals surface area contributed by atoms with Crippen molar-refractivity contribution in [2.24, 2.45) is 0 Å². The van der Waals surface area contributed by atoms with Crippen LogP contribution >= 0.6 is 0 Å². The van der Waals surface area contributed by atoms with Crippen molar-refractivity contribution in [2.45, 2.75) is 25.9 Å². The van der Waals surface area contributed by atoms with E-state index in [-0.39, 0.29) is 11.6 Å². The molecule has 2 aromatic carbocycles. The minimum Gasteiger partial charge on any atom is -0.497 e. The molecule has 0 fully saturated rings. The summed E-state index contributed by atoms with van der Waals surface area (Å²) in [6.45, 7) is 2.68. The maximum absolute atomic E-state index is 12.5. The zero-order valence-corrected chi connectivity index (χ0v) is 12.1. The van der Waals surface area contributed by atoms with E-state index in [0.29, 0.717) is 6.54 Å². The van der Waals surface area contributed by atoms with Gasteiger partial charge >= 0.3 is 0 Å². The standard InChI is InChI=1S/C17H19F2NO/c1-12(15-4-3-5-16(10-15)21-2)20-11-13-6-8-14(9-7-13)17(18)19/h3-10,12,17,20H,11H2,1-2H3/t12-/m1/s1. The summed E-state index contributed by atoms with van der Waals surface area (Å²) >= 11 is 0. The van der Waals surface area contributed by atoms with Crippen molar-refractivity contribution in [3.05, 3.63) is 65.2 Å². The molecular formula is C17H19F2NO. The Morgan fingerprint density at radius 1 is 1.05 bits per heavy atom. The van der Waals surface area contributed by atoms with Crippen LogP contribution in [-0.2, 0) is 6.54 Å². The van der Waals surface area contributed by atoms with Crippen molar-refractivity contribution < 1.29 is 13.5 Å². The van der Waals surface area contributed by atoms with E-state index in [9.17, 15) is 8.78 Å². The zero-order chi connectivity index (χ0) is 15.2. The van der Waals surface area contributed by atoms with Crippen molar-refractivity contribution in [3.8, 4) is 5.75 Å². The zero-order valence-electron chi connectivity index (χ0n) is 12.1. The fourth-order valence-electron chi connectivity index (χ4n) is 2.08. The number of rotatable bonds is 6. The van der Waals surface area contributed by atoms with Gasteiger partial charge in [0.15, 0.2) is 0 Å². The van der Waals surface area contributed by atoms with Crippen LogP contribution in [0, 0.1) is 0 Å². The molecule has 2 rings (SSSR count). The molecule has 2 nitrogen and oxygen atoms in total. The van der Waals surface area contributed by atoms with Gasteiger partial charge in [-0.3, -0.25) is 0 Å². The summed E-state index contributed by atoms with van der Waals surface area (Å²) in [6.07, 6.45) is -2.41. The van der Waals surface area contributed by atoms with Crippen LogP contribution in [0.2, 0.25) is 0 Å². The van der Waals surface area contributed by atoms with Crippen LogP contribution in [0.3, 0.4) is 0 Å². The lowest BCUT2D eigenvalue weighted by Gasteiger charge is -2.15. The van der Waals surface area contributed by atoms with Crippen LogP contribution in [0.4, 0.5) is 8.78 Å². The lowest BCUT2D eigenvalue weighted by atomic mass is 10.1. The molecule has 112 valence electrons. The van der Waals surface area contributed by atoms with Gasteiger partial charge in [0.1, 0.15) is 5.75 Å². The predicted molar refractivity (Wildman–Crippen MR) is 79.6 cm³/mol. The molecule has 0 saturated carbocycles. The summed E-state index contributed by atoms with van der Waals surface area (Å²) in [4.78, 5) is 0. The van der Waals surface area contributed by atoms with Crippen LogP contribution in [0.25, 0.3) is 0 Å². The van der Waals surface area contributed by atoms with Gasteiger partial charge in [-0.2, -0.15) is 0 Å². The molecule has 1 atom stereocenters. The number of hydrogen-bond donors (Lipinski definition) is 1. The molecule has 0 aliphatic heterocycles. The summed E-state index contributed by atoms with van der Waals surface area (Å²) in [5.74, 6) is 0.822. The summed E-state index contributed by atoms with van der Waals surface area (Å²) in [5, 5.41) is 3.37. The minimum absolute atomic E-state index is 0.0552. The van der Waals surface area contributed by atoms with E-state index in [1.807, 2.05) is 24.3 Å². The molecular weight excluding hydrogens is 272 g/mol. The van der Waals surface area contributed by atoms with E-state index in [0.717, 1.165) is 16.9 Å². The smallest absolute Gasteiger partial charge is 0.263 e. The average molecular weight is 291 g/mol. The third-order valence-electron chi connectivity index (χ3n) is 3.44. The topological polar surface area (TPSA) is 21.3 Å². The maximum Gasteiger partial charge on any atom is 0.263 e. The molecule has 0 unspecified atom stereocenters. The van der Waals surface area contributed by atoms with Gasteiger partial charge in [-0.25, -0.2) is 8.78 Å². The number of ether oxygens (including phenoxy) is 1. The third kappa shape index (κ3) is 4.26. The first-order chi connectivity index (χ1) is 10.1. The second-order valence-electron chi connectivity index (χ2n) is 4.92. The predicted octanol–water partition coefficient (Wildman–Crippen LogP) is 4.48. The molecule has 4 heteroatoms. The molecule has 0 amide bonds. The minimum atomic E-state index is -2.41. The van der Waals surface area contributed by atoms with Crippen molar-refractivity contribution >= 4 is 0 Å². The number of nitrogens with one attached hydrogen (secondary N) is 1. The summed E-state index contributed by atoms with van der Waals surface area (Å²) in [7, 11) is 1.64. The molecule has 0 aliphatic carbocycles. The molecule has 0 bridgehead atoms. The number of halogens is 2. The van der Waals surface area contributed by atoms with E-state index in [1.165, 1.54) is 12.1 Å². The highest BCUT2D eigenvalue weighted by Gasteiger charge is 2.08. The van der Waals surface area contributed by atoms with Crippen molar-refractivity contribution in [3.63, 3.8) is 0 Å². The second-order valence-corrected chi connectivity index (χ2v) is 4.92. The van der Waals surface area contributed by atoms with Gasteiger partial charge in [-0.1, -0.05) is 36.4 Å². The Bertz CT molecular complexity index is 569. The fourth-order valence-corrected chi connectivity index (χ4v) is 2.08. The quantitative estimate of drug-likeness (QED) is 0.847. The Balaban J connectivity index is 1.95. The molecule has 21 heavy (non-hydrogen) atoms. The number of benzene rings is 2. The summed E-state index contributed by atoms with van der Waals surface area (Å²) in [6, 6.07) is 14.4. The molecule has 0 radical (unpaired) electrons. The number of methoxy groups -OCH3 is 1. The van der Waals surface area contributed by atoms with Gasteiger partial charge in [-0.05, 0) is 30.2 Å². The molecule has 1 N–H and O–H groups in total. The molecule has 0 heterocycles. The SMILES string of the molecule is COc1cccc([C@@H](C)NCc2ccc(C(F)F)cc2)c1. The highest BCUT2D eigenvalue weighted by atomic mass is 19.3. The Labute approximate surface area is 123 Å².